The second-order valence-electron chi connectivity index (χ2n) is 8.19. The van der Waals surface area contributed by atoms with Gasteiger partial charge < -0.3 is 5.32 Å². The first kappa shape index (κ1) is 20.9. The lowest BCUT2D eigenvalue weighted by atomic mass is 10.0. The lowest BCUT2D eigenvalue weighted by Crippen LogP contribution is -2.43. The number of nitrogens with one attached hydrogen (secondary N) is 1. The van der Waals surface area contributed by atoms with Gasteiger partial charge in [-0.2, -0.15) is 4.31 Å². The van der Waals surface area contributed by atoms with Crippen LogP contribution in [0.15, 0.2) is 17.0 Å². The van der Waals surface area contributed by atoms with E-state index in [9.17, 15) is 13.2 Å². The van der Waals surface area contributed by atoms with Gasteiger partial charge in [0.05, 0.1) is 4.90 Å². The first-order valence-electron chi connectivity index (χ1n) is 9.42. The first-order chi connectivity index (χ1) is 12.0. The highest BCUT2D eigenvalue weighted by Gasteiger charge is 2.31. The molecule has 1 heterocycles. The van der Waals surface area contributed by atoms with Crippen LogP contribution in [0.25, 0.3) is 0 Å². The number of aryl methyl sites for hydroxylation is 1. The summed E-state index contributed by atoms with van der Waals surface area (Å²) in [5.41, 5.74) is 1.60. The summed E-state index contributed by atoms with van der Waals surface area (Å²) in [5.74, 6) is 0.321. The fourth-order valence-corrected chi connectivity index (χ4v) is 4.85. The first-order valence-corrected chi connectivity index (χ1v) is 10.9. The lowest BCUT2D eigenvalue weighted by molar-refractivity contribution is 0.0911. The van der Waals surface area contributed by atoms with Crippen molar-refractivity contribution in [2.75, 3.05) is 13.1 Å². The summed E-state index contributed by atoms with van der Waals surface area (Å²) in [7, 11) is -3.59. The summed E-state index contributed by atoms with van der Waals surface area (Å²) in [6.07, 6.45) is 2.55. The highest BCUT2D eigenvalue weighted by molar-refractivity contribution is 7.89. The van der Waals surface area contributed by atoms with Gasteiger partial charge in [-0.05, 0) is 76.1 Å². The third-order valence-corrected chi connectivity index (χ3v) is 7.60. The van der Waals surface area contributed by atoms with Gasteiger partial charge in [0.1, 0.15) is 0 Å². The molecule has 1 saturated heterocycles. The standard InChI is InChI=1S/C20H32N2O3S/c1-7-20(5,6)21-19(23)17-12-15(3)16(4)18(13-17)26(24,25)22-10-8-14(2)9-11-22/h12-14H,7-11H2,1-6H3,(H,21,23). The molecule has 1 aromatic rings. The van der Waals surface area contributed by atoms with Crippen LogP contribution in [0.5, 0.6) is 0 Å². The van der Waals surface area contributed by atoms with E-state index >= 15 is 0 Å². The van der Waals surface area contributed by atoms with Crippen molar-refractivity contribution >= 4 is 15.9 Å². The van der Waals surface area contributed by atoms with Crippen molar-refractivity contribution in [3.63, 3.8) is 0 Å². The van der Waals surface area contributed by atoms with E-state index in [1.165, 1.54) is 6.07 Å². The van der Waals surface area contributed by atoms with Gasteiger partial charge in [-0.15, -0.1) is 0 Å². The molecule has 1 aliphatic rings. The normalized spacial score (nSPS) is 17.3. The molecule has 1 N–H and O–H groups in total. The zero-order valence-corrected chi connectivity index (χ0v) is 17.7. The third kappa shape index (κ3) is 4.46. The molecular formula is C20H32N2O3S. The summed E-state index contributed by atoms with van der Waals surface area (Å²) < 4.78 is 27.9. The predicted molar refractivity (Wildman–Crippen MR) is 105 cm³/mol. The van der Waals surface area contributed by atoms with Gasteiger partial charge in [0, 0.05) is 24.2 Å². The van der Waals surface area contributed by atoms with Crippen molar-refractivity contribution < 1.29 is 13.2 Å². The van der Waals surface area contributed by atoms with E-state index in [0.717, 1.165) is 30.4 Å². The topological polar surface area (TPSA) is 66.5 Å². The maximum atomic E-state index is 13.2. The zero-order valence-electron chi connectivity index (χ0n) is 16.8. The van der Waals surface area contributed by atoms with E-state index in [2.05, 4.69) is 12.2 Å². The lowest BCUT2D eigenvalue weighted by Gasteiger charge is -2.30. The number of carbonyl (C=O) groups excluding carboxylic acids is 1. The number of rotatable bonds is 5. The summed E-state index contributed by atoms with van der Waals surface area (Å²) in [6.45, 7) is 12.8. The van der Waals surface area contributed by atoms with Crippen molar-refractivity contribution in [2.24, 2.45) is 5.92 Å². The Kier molecular flexibility index (Phi) is 6.18. The Bertz CT molecular complexity index is 776. The van der Waals surface area contributed by atoms with Crippen LogP contribution >= 0.6 is 0 Å². The molecular weight excluding hydrogens is 348 g/mol. The van der Waals surface area contributed by atoms with Crippen molar-refractivity contribution in [1.29, 1.82) is 0 Å². The zero-order chi connectivity index (χ0) is 19.7. The monoisotopic (exact) mass is 380 g/mol. The molecule has 0 spiro atoms. The molecule has 1 aromatic carbocycles. The Hall–Kier alpha value is -1.40. The summed E-state index contributed by atoms with van der Waals surface area (Å²) in [4.78, 5) is 12.9. The average Bonchev–Trinajstić information content (AvgIpc) is 2.57. The molecule has 6 heteroatoms. The smallest absolute Gasteiger partial charge is 0.251 e. The number of hydrogen-bond donors (Lipinski definition) is 1. The van der Waals surface area contributed by atoms with Crippen LogP contribution in [-0.4, -0.2) is 37.3 Å². The van der Waals surface area contributed by atoms with Gasteiger partial charge in [-0.25, -0.2) is 8.42 Å². The van der Waals surface area contributed by atoms with Crippen LogP contribution in [0.1, 0.15) is 68.4 Å². The molecule has 26 heavy (non-hydrogen) atoms. The highest BCUT2D eigenvalue weighted by atomic mass is 32.2. The number of benzene rings is 1. The van der Waals surface area contributed by atoms with Crippen molar-refractivity contribution in [2.45, 2.75) is 71.2 Å². The molecule has 0 unspecified atom stereocenters. The Morgan fingerprint density at radius 3 is 2.35 bits per heavy atom. The van der Waals surface area contributed by atoms with Crippen LogP contribution in [0.4, 0.5) is 0 Å². The van der Waals surface area contributed by atoms with E-state index in [4.69, 9.17) is 0 Å². The van der Waals surface area contributed by atoms with Gasteiger partial charge in [0.2, 0.25) is 10.0 Å². The Balaban J connectivity index is 2.40. The number of sulfonamides is 1. The number of piperidine rings is 1. The largest absolute Gasteiger partial charge is 0.347 e. The fourth-order valence-electron chi connectivity index (χ4n) is 3.06. The molecule has 1 amide bonds. The van der Waals surface area contributed by atoms with Gasteiger partial charge in [-0.1, -0.05) is 13.8 Å². The van der Waals surface area contributed by atoms with Crippen LogP contribution in [0.2, 0.25) is 0 Å². The van der Waals surface area contributed by atoms with E-state index < -0.39 is 10.0 Å². The van der Waals surface area contributed by atoms with Gasteiger partial charge >= 0.3 is 0 Å². The minimum atomic E-state index is -3.59. The van der Waals surface area contributed by atoms with Gasteiger partial charge in [0.15, 0.2) is 0 Å². The molecule has 0 bridgehead atoms. The van der Waals surface area contributed by atoms with E-state index in [1.807, 2.05) is 34.6 Å². The quantitative estimate of drug-likeness (QED) is 0.848. The number of carbonyl (C=O) groups is 1. The maximum Gasteiger partial charge on any atom is 0.251 e. The van der Waals surface area contributed by atoms with Crippen molar-refractivity contribution in [1.82, 2.24) is 9.62 Å². The molecule has 1 aliphatic heterocycles. The summed E-state index contributed by atoms with van der Waals surface area (Å²) in [6, 6.07) is 3.31. The minimum absolute atomic E-state index is 0.233. The van der Waals surface area contributed by atoms with Crippen LogP contribution in [-0.2, 0) is 10.0 Å². The van der Waals surface area contributed by atoms with E-state index in [-0.39, 0.29) is 16.3 Å². The number of nitrogens with zero attached hydrogens (tertiary/aromatic N) is 1. The van der Waals surface area contributed by atoms with Crippen LogP contribution in [0, 0.1) is 19.8 Å². The van der Waals surface area contributed by atoms with E-state index in [0.29, 0.717) is 24.6 Å². The Labute approximate surface area is 158 Å². The minimum Gasteiger partial charge on any atom is -0.347 e. The van der Waals surface area contributed by atoms with Crippen molar-refractivity contribution in [3.8, 4) is 0 Å². The molecule has 5 nitrogen and oxygen atoms in total. The molecule has 0 aromatic heterocycles. The predicted octanol–water partition coefficient (Wildman–Crippen LogP) is 3.64. The highest BCUT2D eigenvalue weighted by Crippen LogP contribution is 2.28. The molecule has 0 saturated carbocycles. The molecule has 0 atom stereocenters. The maximum absolute atomic E-state index is 13.2. The third-order valence-electron chi connectivity index (χ3n) is 5.58. The molecule has 146 valence electrons. The Morgan fingerprint density at radius 2 is 1.81 bits per heavy atom. The van der Waals surface area contributed by atoms with E-state index in [1.54, 1.807) is 10.4 Å². The van der Waals surface area contributed by atoms with Crippen molar-refractivity contribution in [3.05, 3.63) is 28.8 Å². The van der Waals surface area contributed by atoms with Crippen LogP contribution < -0.4 is 5.32 Å². The second-order valence-corrected chi connectivity index (χ2v) is 10.1. The number of hydrogen-bond acceptors (Lipinski definition) is 3. The summed E-state index contributed by atoms with van der Waals surface area (Å²) in [5, 5.41) is 2.99. The Morgan fingerprint density at radius 1 is 1.23 bits per heavy atom. The van der Waals surface area contributed by atoms with Crippen LogP contribution in [0.3, 0.4) is 0 Å². The molecule has 2 rings (SSSR count). The second kappa shape index (κ2) is 7.69. The molecule has 0 aliphatic carbocycles. The summed E-state index contributed by atoms with van der Waals surface area (Å²) >= 11 is 0. The SMILES string of the molecule is CCC(C)(C)NC(=O)c1cc(C)c(C)c(S(=O)(=O)N2CCC(C)CC2)c1. The fraction of sp³-hybridized carbons (Fsp3) is 0.650. The van der Waals surface area contributed by atoms with Gasteiger partial charge in [-0.3, -0.25) is 4.79 Å². The number of amides is 1. The average molecular weight is 381 g/mol. The molecule has 1 fully saturated rings. The van der Waals surface area contributed by atoms with Gasteiger partial charge in [0.25, 0.3) is 5.91 Å². The molecule has 0 radical (unpaired) electrons.